The number of carbonyl (C=O) groups is 2. The third-order valence-corrected chi connectivity index (χ3v) is 6.62. The molecule has 2 aromatic rings. The maximum Gasteiger partial charge on any atom is 0.490 e. The van der Waals surface area contributed by atoms with Gasteiger partial charge in [-0.15, -0.1) is 0 Å². The van der Waals surface area contributed by atoms with E-state index in [1.807, 2.05) is 11.9 Å². The van der Waals surface area contributed by atoms with E-state index in [0.717, 1.165) is 29.5 Å². The van der Waals surface area contributed by atoms with Gasteiger partial charge in [-0.05, 0) is 38.8 Å². The Morgan fingerprint density at radius 3 is 2.24 bits per heavy atom. The second-order valence-corrected chi connectivity index (χ2v) is 9.24. The van der Waals surface area contributed by atoms with E-state index in [-0.39, 0.29) is 22.7 Å². The van der Waals surface area contributed by atoms with Crippen molar-refractivity contribution in [1.29, 1.82) is 0 Å². The van der Waals surface area contributed by atoms with E-state index in [1.165, 1.54) is 13.3 Å². The molecular formula is C24H26ClF4N3O6. The van der Waals surface area contributed by atoms with Gasteiger partial charge in [0.05, 0.1) is 18.0 Å². The van der Waals surface area contributed by atoms with Crippen LogP contribution in [-0.4, -0.2) is 66.7 Å². The molecule has 1 aromatic heterocycles. The molecule has 38 heavy (non-hydrogen) atoms. The van der Waals surface area contributed by atoms with Gasteiger partial charge in [-0.1, -0.05) is 17.2 Å². The molecule has 4 rings (SSSR count). The lowest BCUT2D eigenvalue weighted by Gasteiger charge is -2.33. The molecular weight excluding hydrogens is 538 g/mol. The second-order valence-electron chi connectivity index (χ2n) is 8.78. The number of alkyl halides is 3. The van der Waals surface area contributed by atoms with Gasteiger partial charge in [0.25, 0.3) is 0 Å². The molecule has 0 unspecified atom stereocenters. The number of methoxy groups -OCH3 is 1. The number of aliphatic carboxylic acids is 1. The third kappa shape index (κ3) is 6.21. The largest absolute Gasteiger partial charge is 0.492 e. The molecule has 1 aliphatic heterocycles. The SMILES string of the molecule is CNCC(Cl)=C1CCN(c2c(F)cc3c(=O)c(C(=O)O)cn(C4CC4)c3c2OC)CC1.O=C(O)C(F)(F)F. The molecule has 0 radical (unpaired) electrons. The average Bonchev–Trinajstić information content (AvgIpc) is 3.69. The number of pyridine rings is 1. The van der Waals surface area contributed by atoms with Crippen molar-refractivity contribution in [1.82, 2.24) is 9.88 Å². The number of anilines is 1. The number of halogens is 5. The molecule has 1 saturated heterocycles. The molecule has 208 valence electrons. The van der Waals surface area contributed by atoms with Gasteiger partial charge in [-0.3, -0.25) is 4.79 Å². The third-order valence-electron chi connectivity index (χ3n) is 6.21. The van der Waals surface area contributed by atoms with Crippen molar-refractivity contribution in [3.8, 4) is 5.75 Å². The van der Waals surface area contributed by atoms with Crippen LogP contribution in [0, 0.1) is 5.82 Å². The Labute approximate surface area is 219 Å². The van der Waals surface area contributed by atoms with Crippen LogP contribution in [0.15, 0.2) is 27.7 Å². The van der Waals surface area contributed by atoms with Crippen molar-refractivity contribution in [2.45, 2.75) is 37.9 Å². The summed E-state index contributed by atoms with van der Waals surface area (Å²) >= 11 is 6.36. The number of nitrogens with zero attached hydrogens (tertiary/aromatic N) is 2. The number of fused-ring (bicyclic) bond motifs is 1. The number of hydrogen-bond donors (Lipinski definition) is 3. The smallest absolute Gasteiger partial charge is 0.490 e. The minimum absolute atomic E-state index is 0.0274. The first-order chi connectivity index (χ1) is 17.8. The summed E-state index contributed by atoms with van der Waals surface area (Å²) in [5, 5.41) is 20.4. The lowest BCUT2D eigenvalue weighted by atomic mass is 10.0. The zero-order valence-corrected chi connectivity index (χ0v) is 21.2. The van der Waals surface area contributed by atoms with Crippen LogP contribution < -0.4 is 20.4 Å². The molecule has 2 aliphatic rings. The molecule has 3 N–H and O–H groups in total. The van der Waals surface area contributed by atoms with Gasteiger partial charge >= 0.3 is 18.1 Å². The maximum atomic E-state index is 15.3. The number of nitrogens with one attached hydrogen (secondary N) is 1. The van der Waals surface area contributed by atoms with Crippen molar-refractivity contribution in [2.24, 2.45) is 0 Å². The summed E-state index contributed by atoms with van der Waals surface area (Å²) in [5.74, 6) is -4.41. The van der Waals surface area contributed by atoms with Gasteiger partial charge in [0, 0.05) is 36.9 Å². The van der Waals surface area contributed by atoms with E-state index in [9.17, 15) is 27.9 Å². The molecule has 0 amide bonds. The number of carboxylic acid groups (broad SMARTS) is 2. The number of aromatic carboxylic acids is 1. The Bertz CT molecular complexity index is 1330. The van der Waals surface area contributed by atoms with Crippen LogP contribution in [-0.2, 0) is 4.79 Å². The Morgan fingerprint density at radius 1 is 1.21 bits per heavy atom. The second kappa shape index (κ2) is 11.6. The number of carboxylic acids is 2. The number of rotatable bonds is 6. The molecule has 0 spiro atoms. The summed E-state index contributed by atoms with van der Waals surface area (Å²) in [5.41, 5.74) is 0.835. The Balaban J connectivity index is 0.000000505. The first-order valence-electron chi connectivity index (χ1n) is 11.6. The summed E-state index contributed by atoms with van der Waals surface area (Å²) < 4.78 is 54.5. The van der Waals surface area contributed by atoms with E-state index in [1.54, 1.807) is 4.57 Å². The molecule has 9 nitrogen and oxygen atoms in total. The summed E-state index contributed by atoms with van der Waals surface area (Å²) in [4.78, 5) is 35.2. The van der Waals surface area contributed by atoms with Gasteiger partial charge in [0.15, 0.2) is 11.6 Å². The monoisotopic (exact) mass is 563 g/mol. The first-order valence-corrected chi connectivity index (χ1v) is 11.9. The maximum absolute atomic E-state index is 15.3. The number of ether oxygens (including phenoxy) is 1. The Morgan fingerprint density at radius 2 is 1.79 bits per heavy atom. The fourth-order valence-electron chi connectivity index (χ4n) is 4.28. The number of benzene rings is 1. The molecule has 2 heterocycles. The zero-order valence-electron chi connectivity index (χ0n) is 20.5. The number of likely N-dealkylation sites (N-methyl/N-ethyl adjacent to an activating group) is 1. The highest BCUT2D eigenvalue weighted by molar-refractivity contribution is 6.30. The molecule has 1 aliphatic carbocycles. The summed E-state index contributed by atoms with van der Waals surface area (Å²) in [7, 11) is 3.28. The number of piperidine rings is 1. The number of aromatic nitrogens is 1. The lowest BCUT2D eigenvalue weighted by molar-refractivity contribution is -0.192. The fourth-order valence-corrected chi connectivity index (χ4v) is 4.60. The van der Waals surface area contributed by atoms with Gasteiger partial charge in [0.2, 0.25) is 5.43 Å². The lowest BCUT2D eigenvalue weighted by Crippen LogP contribution is -2.32. The van der Waals surface area contributed by atoms with Crippen molar-refractivity contribution in [2.75, 3.05) is 38.7 Å². The predicted octanol–water partition coefficient (Wildman–Crippen LogP) is 4.13. The molecule has 14 heteroatoms. The predicted molar refractivity (Wildman–Crippen MR) is 132 cm³/mol. The summed E-state index contributed by atoms with van der Waals surface area (Å²) in [6, 6.07) is 1.23. The van der Waals surface area contributed by atoms with E-state index in [4.69, 9.17) is 26.2 Å². The van der Waals surface area contributed by atoms with E-state index >= 15 is 4.39 Å². The van der Waals surface area contributed by atoms with E-state index in [2.05, 4.69) is 5.32 Å². The van der Waals surface area contributed by atoms with Gasteiger partial charge in [0.1, 0.15) is 11.3 Å². The van der Waals surface area contributed by atoms with Crippen LogP contribution >= 0.6 is 11.6 Å². The van der Waals surface area contributed by atoms with Crippen LogP contribution in [0.3, 0.4) is 0 Å². The van der Waals surface area contributed by atoms with Crippen molar-refractivity contribution in [3.05, 3.63) is 44.5 Å². The van der Waals surface area contributed by atoms with Gasteiger partial charge < -0.3 is 29.7 Å². The molecule has 1 saturated carbocycles. The Hall–Kier alpha value is -3.32. The minimum Gasteiger partial charge on any atom is -0.492 e. The van der Waals surface area contributed by atoms with Crippen LogP contribution in [0.2, 0.25) is 0 Å². The molecule has 2 fully saturated rings. The zero-order chi connectivity index (χ0) is 28.4. The van der Waals surface area contributed by atoms with Gasteiger partial charge in [-0.2, -0.15) is 13.2 Å². The standard InChI is InChI=1S/C22H25ClFN3O4.C2HF3O2/c1-25-10-16(23)12-5-7-26(8-6-12)19-17(24)9-14-18(21(19)31-2)27(13-3-4-13)11-15(20(14)28)22(29)30;3-2(4,5)1(6)7/h9,11,13,25H,3-8,10H2,1-2H3,(H,29,30);(H,6,7). The average molecular weight is 564 g/mol. The molecule has 1 aromatic carbocycles. The first kappa shape index (κ1) is 29.2. The highest BCUT2D eigenvalue weighted by Crippen LogP contribution is 2.44. The van der Waals surface area contributed by atoms with Gasteiger partial charge in [-0.25, -0.2) is 14.0 Å². The van der Waals surface area contributed by atoms with Crippen molar-refractivity contribution < 1.29 is 42.1 Å². The summed E-state index contributed by atoms with van der Waals surface area (Å²) in [6.45, 7) is 1.73. The van der Waals surface area contributed by atoms with Crippen LogP contribution in [0.25, 0.3) is 10.9 Å². The highest BCUT2D eigenvalue weighted by atomic mass is 35.5. The van der Waals surface area contributed by atoms with E-state index in [0.29, 0.717) is 43.7 Å². The normalized spacial score (nSPS) is 15.7. The summed E-state index contributed by atoms with van der Waals surface area (Å²) in [6.07, 6.45) is -0.573. The topological polar surface area (TPSA) is 121 Å². The Kier molecular flexibility index (Phi) is 8.93. The minimum atomic E-state index is -5.08. The highest BCUT2D eigenvalue weighted by Gasteiger charge is 2.38. The fraction of sp³-hybridized carbons (Fsp3) is 0.458. The van der Waals surface area contributed by atoms with Crippen LogP contribution in [0.4, 0.5) is 23.2 Å². The number of hydrogen-bond acceptors (Lipinski definition) is 6. The quantitative estimate of drug-likeness (QED) is 0.449. The van der Waals surface area contributed by atoms with Crippen LogP contribution in [0.5, 0.6) is 5.75 Å². The molecule has 0 bridgehead atoms. The molecule has 0 atom stereocenters. The van der Waals surface area contributed by atoms with Crippen LogP contribution in [0.1, 0.15) is 42.1 Å². The van der Waals surface area contributed by atoms with E-state index < -0.39 is 29.4 Å². The van der Waals surface area contributed by atoms with Crippen molar-refractivity contribution >= 4 is 40.1 Å². The van der Waals surface area contributed by atoms with Crippen molar-refractivity contribution in [3.63, 3.8) is 0 Å².